The molecule has 18 heavy (non-hydrogen) atoms. The largest absolute Gasteiger partial charge is 0.276 e. The number of pyridine rings is 1. The first-order valence-corrected chi connectivity index (χ1v) is 6.27. The molecule has 0 aromatic carbocycles. The van der Waals surface area contributed by atoms with Gasteiger partial charge in [-0.15, -0.1) is 0 Å². The van der Waals surface area contributed by atoms with E-state index in [1.165, 1.54) is 4.90 Å². The van der Waals surface area contributed by atoms with Crippen LogP contribution in [0.1, 0.15) is 19.5 Å². The Bertz CT molecular complexity index is 532. The van der Waals surface area contributed by atoms with E-state index in [0.717, 1.165) is 0 Å². The minimum absolute atomic E-state index is 0.0724. The Morgan fingerprint density at radius 1 is 1.28 bits per heavy atom. The number of rotatable bonds is 2. The molecule has 4 nitrogen and oxygen atoms in total. The smallest absolute Gasteiger partial charge is 0.234 e. The summed E-state index contributed by atoms with van der Waals surface area (Å²) >= 11 is 5.79. The van der Waals surface area contributed by atoms with Crippen molar-refractivity contribution < 1.29 is 9.59 Å². The van der Waals surface area contributed by atoms with Crippen molar-refractivity contribution >= 4 is 23.4 Å². The standard InChI is InChI=1S/C13H13ClN2O2/c1-13(2)9-10(13)12(18)16(11(9)17)6-7-4-3-5-8(14)15-7/h3-5,9-10H,6H2,1-2H3. The van der Waals surface area contributed by atoms with Gasteiger partial charge in [-0.2, -0.15) is 0 Å². The first-order chi connectivity index (χ1) is 8.43. The molecule has 1 aliphatic carbocycles. The maximum absolute atomic E-state index is 12.1. The Balaban J connectivity index is 1.80. The Labute approximate surface area is 110 Å². The molecule has 0 N–H and O–H groups in total. The van der Waals surface area contributed by atoms with Gasteiger partial charge in [0.1, 0.15) is 5.15 Å². The van der Waals surface area contributed by atoms with Crippen LogP contribution < -0.4 is 0 Å². The summed E-state index contributed by atoms with van der Waals surface area (Å²) in [5.74, 6) is -0.415. The topological polar surface area (TPSA) is 50.3 Å². The second kappa shape index (κ2) is 3.54. The van der Waals surface area contributed by atoms with Crippen molar-refractivity contribution in [2.24, 2.45) is 17.3 Å². The number of aromatic nitrogens is 1. The number of halogens is 1. The SMILES string of the molecule is CC1(C)C2C(=O)N(Cc3cccc(Cl)n3)C(=O)C21. The lowest BCUT2D eigenvalue weighted by Gasteiger charge is -2.20. The van der Waals surface area contributed by atoms with E-state index >= 15 is 0 Å². The summed E-state index contributed by atoms with van der Waals surface area (Å²) in [5, 5.41) is 0.372. The highest BCUT2D eigenvalue weighted by molar-refractivity contribution is 6.29. The van der Waals surface area contributed by atoms with E-state index in [0.29, 0.717) is 10.8 Å². The lowest BCUT2D eigenvalue weighted by atomic mass is 10.1. The molecule has 0 radical (unpaired) electrons. The summed E-state index contributed by atoms with van der Waals surface area (Å²) in [7, 11) is 0. The van der Waals surface area contributed by atoms with Gasteiger partial charge >= 0.3 is 0 Å². The van der Waals surface area contributed by atoms with Crippen molar-refractivity contribution in [3.63, 3.8) is 0 Å². The van der Waals surface area contributed by atoms with Crippen molar-refractivity contribution in [1.29, 1.82) is 0 Å². The average Bonchev–Trinajstić information content (AvgIpc) is 2.77. The highest BCUT2D eigenvalue weighted by atomic mass is 35.5. The van der Waals surface area contributed by atoms with Crippen LogP contribution in [0.4, 0.5) is 0 Å². The fraction of sp³-hybridized carbons (Fsp3) is 0.462. The predicted molar refractivity (Wildman–Crippen MR) is 65.6 cm³/mol. The van der Waals surface area contributed by atoms with Gasteiger partial charge in [-0.05, 0) is 17.5 Å². The molecule has 2 amide bonds. The van der Waals surface area contributed by atoms with Crippen molar-refractivity contribution in [3.8, 4) is 0 Å². The van der Waals surface area contributed by atoms with Crippen LogP contribution in [0.5, 0.6) is 0 Å². The zero-order valence-corrected chi connectivity index (χ0v) is 10.9. The molecule has 2 aliphatic rings. The van der Waals surface area contributed by atoms with Gasteiger partial charge < -0.3 is 0 Å². The number of hydrogen-bond acceptors (Lipinski definition) is 3. The second-order valence-electron chi connectivity index (χ2n) is 5.49. The van der Waals surface area contributed by atoms with E-state index in [4.69, 9.17) is 11.6 Å². The van der Waals surface area contributed by atoms with Crippen molar-refractivity contribution in [1.82, 2.24) is 9.88 Å². The highest BCUT2D eigenvalue weighted by Gasteiger charge is 2.72. The number of amides is 2. The molecular formula is C13H13ClN2O2. The number of piperidine rings is 1. The normalized spacial score (nSPS) is 28.5. The van der Waals surface area contributed by atoms with E-state index < -0.39 is 0 Å². The average molecular weight is 265 g/mol. The fourth-order valence-electron chi connectivity index (χ4n) is 2.86. The molecule has 2 heterocycles. The molecule has 2 atom stereocenters. The summed E-state index contributed by atoms with van der Waals surface area (Å²) in [6.07, 6.45) is 0. The summed E-state index contributed by atoms with van der Waals surface area (Å²) in [6, 6.07) is 5.20. The third kappa shape index (κ3) is 1.48. The van der Waals surface area contributed by atoms with Gasteiger partial charge in [0, 0.05) is 0 Å². The van der Waals surface area contributed by atoms with Gasteiger partial charge in [0.2, 0.25) is 11.8 Å². The van der Waals surface area contributed by atoms with Gasteiger partial charge in [-0.3, -0.25) is 14.5 Å². The molecule has 1 aliphatic heterocycles. The zero-order valence-electron chi connectivity index (χ0n) is 10.2. The summed E-state index contributed by atoms with van der Waals surface area (Å²) in [5.41, 5.74) is 0.482. The second-order valence-corrected chi connectivity index (χ2v) is 5.88. The predicted octanol–water partition coefficient (Wildman–Crippen LogP) is 1.88. The summed E-state index contributed by atoms with van der Waals surface area (Å²) in [4.78, 5) is 29.6. The fourth-order valence-corrected chi connectivity index (χ4v) is 3.04. The number of imide groups is 1. The van der Waals surface area contributed by atoms with E-state index in [2.05, 4.69) is 4.98 Å². The van der Waals surface area contributed by atoms with Crippen molar-refractivity contribution in [3.05, 3.63) is 29.0 Å². The highest BCUT2D eigenvalue weighted by Crippen LogP contribution is 2.63. The molecule has 5 heteroatoms. The van der Waals surface area contributed by atoms with Crippen LogP contribution in [0, 0.1) is 17.3 Å². The van der Waals surface area contributed by atoms with Crippen LogP contribution in [0.25, 0.3) is 0 Å². The number of nitrogens with zero attached hydrogens (tertiary/aromatic N) is 2. The quantitative estimate of drug-likeness (QED) is 0.605. The molecule has 0 spiro atoms. The van der Waals surface area contributed by atoms with E-state index in [1.807, 2.05) is 13.8 Å². The monoisotopic (exact) mass is 264 g/mol. The first-order valence-electron chi connectivity index (χ1n) is 5.89. The molecular weight excluding hydrogens is 252 g/mol. The minimum Gasteiger partial charge on any atom is -0.276 e. The summed E-state index contributed by atoms with van der Waals surface area (Å²) in [6.45, 7) is 4.15. The van der Waals surface area contributed by atoms with Crippen LogP contribution in [0.15, 0.2) is 18.2 Å². The maximum Gasteiger partial charge on any atom is 0.234 e. The molecule has 94 valence electrons. The lowest BCUT2D eigenvalue weighted by molar-refractivity contribution is -0.143. The van der Waals surface area contributed by atoms with Crippen LogP contribution in [0.2, 0.25) is 5.15 Å². The van der Waals surface area contributed by atoms with Crippen LogP contribution in [-0.2, 0) is 16.1 Å². The van der Waals surface area contributed by atoms with Gasteiger partial charge in [-0.1, -0.05) is 31.5 Å². The van der Waals surface area contributed by atoms with Crippen LogP contribution in [0.3, 0.4) is 0 Å². The van der Waals surface area contributed by atoms with Crippen LogP contribution in [-0.4, -0.2) is 21.7 Å². The van der Waals surface area contributed by atoms with E-state index in [9.17, 15) is 9.59 Å². The number of carbonyl (C=O) groups excluding carboxylic acids is 2. The summed E-state index contributed by atoms with van der Waals surface area (Å²) < 4.78 is 0. The zero-order chi connectivity index (χ0) is 13.1. The first kappa shape index (κ1) is 11.7. The Kier molecular flexibility index (Phi) is 2.29. The molecule has 1 aromatic rings. The Hall–Kier alpha value is -1.42. The van der Waals surface area contributed by atoms with Gasteiger partial charge in [0.05, 0.1) is 24.1 Å². The number of carbonyl (C=O) groups is 2. The van der Waals surface area contributed by atoms with Gasteiger partial charge in [-0.25, -0.2) is 4.98 Å². The molecule has 2 fully saturated rings. The number of hydrogen-bond donors (Lipinski definition) is 0. The number of likely N-dealkylation sites (tertiary alicyclic amines) is 1. The van der Waals surface area contributed by atoms with Crippen molar-refractivity contribution in [2.75, 3.05) is 0 Å². The van der Waals surface area contributed by atoms with Gasteiger partial charge in [0.15, 0.2) is 0 Å². The third-order valence-corrected chi connectivity index (χ3v) is 4.19. The molecule has 0 bridgehead atoms. The molecule has 1 saturated carbocycles. The third-order valence-electron chi connectivity index (χ3n) is 3.98. The van der Waals surface area contributed by atoms with Gasteiger partial charge in [0.25, 0.3) is 0 Å². The lowest BCUT2D eigenvalue weighted by Crippen LogP contribution is -2.35. The Morgan fingerprint density at radius 2 is 1.89 bits per heavy atom. The molecule has 1 aromatic heterocycles. The Morgan fingerprint density at radius 3 is 2.44 bits per heavy atom. The molecule has 3 rings (SSSR count). The van der Waals surface area contributed by atoms with Crippen molar-refractivity contribution in [2.45, 2.75) is 20.4 Å². The van der Waals surface area contributed by atoms with E-state index in [1.54, 1.807) is 18.2 Å². The molecule has 2 unspecified atom stereocenters. The van der Waals surface area contributed by atoms with E-state index in [-0.39, 0.29) is 35.6 Å². The molecule has 1 saturated heterocycles. The number of fused-ring (bicyclic) bond motifs is 1. The maximum atomic E-state index is 12.1. The van der Waals surface area contributed by atoms with Crippen LogP contribution >= 0.6 is 11.6 Å². The minimum atomic E-state index is -0.160.